The monoisotopic (exact) mass is 465 g/mol. The third-order valence-corrected chi connectivity index (χ3v) is 8.04. The van der Waals surface area contributed by atoms with Crippen LogP contribution in [0.2, 0.25) is 5.02 Å². The second-order valence-corrected chi connectivity index (χ2v) is 11.2. The molecule has 2 fully saturated rings. The van der Waals surface area contributed by atoms with Crippen LogP contribution in [0.4, 0.5) is 5.82 Å². The average molecular weight is 466 g/mol. The maximum absolute atomic E-state index is 12.6. The number of nitrogens with one attached hydrogen (secondary N) is 1. The van der Waals surface area contributed by atoms with E-state index in [1.165, 1.54) is 19.3 Å². The predicted octanol–water partition coefficient (Wildman–Crippen LogP) is 4.27. The molecule has 4 rings (SSSR count). The van der Waals surface area contributed by atoms with E-state index >= 15 is 0 Å². The van der Waals surface area contributed by atoms with E-state index in [1.807, 2.05) is 19.1 Å². The molecule has 1 saturated heterocycles. The van der Waals surface area contributed by atoms with Gasteiger partial charge in [-0.3, -0.25) is 4.79 Å². The van der Waals surface area contributed by atoms with E-state index in [0.717, 1.165) is 24.1 Å². The van der Waals surface area contributed by atoms with Crippen LogP contribution in [0, 0.1) is 6.92 Å². The molecule has 1 saturated carbocycles. The van der Waals surface area contributed by atoms with Crippen LogP contribution in [0.5, 0.6) is 5.75 Å². The van der Waals surface area contributed by atoms with Gasteiger partial charge in [0.25, 0.3) is 5.91 Å². The summed E-state index contributed by atoms with van der Waals surface area (Å²) in [6.45, 7) is 1.67. The number of aromatic nitrogens is 2. The van der Waals surface area contributed by atoms with Gasteiger partial charge in [0, 0.05) is 11.1 Å². The van der Waals surface area contributed by atoms with Gasteiger partial charge < -0.3 is 10.1 Å². The molecule has 0 radical (unpaired) electrons. The van der Waals surface area contributed by atoms with Gasteiger partial charge in [-0.25, -0.2) is 13.1 Å². The highest BCUT2D eigenvalue weighted by atomic mass is 35.5. The fourth-order valence-electron chi connectivity index (χ4n) is 4.56. The van der Waals surface area contributed by atoms with E-state index in [4.69, 9.17) is 16.3 Å². The molecule has 168 valence electrons. The van der Waals surface area contributed by atoms with Gasteiger partial charge in [0.2, 0.25) is 0 Å². The second-order valence-electron chi connectivity index (χ2n) is 8.53. The van der Waals surface area contributed by atoms with Crippen molar-refractivity contribution in [3.05, 3.63) is 40.5 Å². The fourth-order valence-corrected chi connectivity index (χ4v) is 6.43. The van der Waals surface area contributed by atoms with E-state index in [0.29, 0.717) is 28.9 Å². The van der Waals surface area contributed by atoms with Crippen LogP contribution in [0.15, 0.2) is 24.3 Å². The number of carbonyl (C=O) groups is 1. The van der Waals surface area contributed by atoms with Gasteiger partial charge in [-0.1, -0.05) is 30.9 Å². The molecule has 31 heavy (non-hydrogen) atoms. The van der Waals surface area contributed by atoms with Crippen molar-refractivity contribution in [3.63, 3.8) is 0 Å². The number of rotatable bonds is 6. The van der Waals surface area contributed by atoms with Crippen LogP contribution in [-0.4, -0.2) is 42.2 Å². The smallest absolute Gasteiger partial charge is 0.263 e. The summed E-state index contributed by atoms with van der Waals surface area (Å²) in [4.78, 5) is 12.6. The molecule has 1 aliphatic carbocycles. The Bertz CT molecular complexity index is 1060. The number of ether oxygens (including phenoxy) is 1. The molecule has 0 bridgehead atoms. The van der Waals surface area contributed by atoms with Gasteiger partial charge in [0.05, 0.1) is 23.2 Å². The molecule has 2 aromatic rings. The Balaban J connectivity index is 1.43. The molecule has 1 atom stereocenters. The third-order valence-electron chi connectivity index (χ3n) is 6.06. The Morgan fingerprint density at radius 2 is 2.00 bits per heavy atom. The lowest BCUT2D eigenvalue weighted by Gasteiger charge is -2.24. The van der Waals surface area contributed by atoms with Gasteiger partial charge >= 0.3 is 0 Å². The Hall–Kier alpha value is -2.06. The summed E-state index contributed by atoms with van der Waals surface area (Å²) in [7, 11) is -3.05. The second kappa shape index (κ2) is 9.20. The molecule has 1 amide bonds. The van der Waals surface area contributed by atoms with Crippen molar-refractivity contribution in [3.8, 4) is 5.75 Å². The highest BCUT2D eigenvalue weighted by molar-refractivity contribution is 7.91. The normalized spacial score (nSPS) is 21.2. The van der Waals surface area contributed by atoms with Crippen molar-refractivity contribution < 1.29 is 17.9 Å². The molecule has 1 aromatic carbocycles. The summed E-state index contributed by atoms with van der Waals surface area (Å²) in [5, 5.41) is 7.90. The zero-order chi connectivity index (χ0) is 22.0. The average Bonchev–Trinajstić information content (AvgIpc) is 3.28. The topological polar surface area (TPSA) is 90.3 Å². The molecule has 9 heteroatoms. The zero-order valence-electron chi connectivity index (χ0n) is 17.6. The number of sulfone groups is 1. The maximum atomic E-state index is 12.6. The van der Waals surface area contributed by atoms with Crippen molar-refractivity contribution in [2.45, 2.75) is 57.4 Å². The molecule has 1 unspecified atom stereocenters. The minimum absolute atomic E-state index is 0.0447. The fraction of sp³-hybridized carbons (Fsp3) is 0.545. The van der Waals surface area contributed by atoms with Crippen LogP contribution in [0.25, 0.3) is 0 Å². The molecular formula is C22H28ClN3O4S. The largest absolute Gasteiger partial charge is 0.483 e. The minimum Gasteiger partial charge on any atom is -0.483 e. The van der Waals surface area contributed by atoms with E-state index < -0.39 is 9.84 Å². The van der Waals surface area contributed by atoms with Crippen LogP contribution in [0.1, 0.15) is 61.7 Å². The van der Waals surface area contributed by atoms with Gasteiger partial charge in [0.1, 0.15) is 11.6 Å². The first-order chi connectivity index (χ1) is 14.8. The molecule has 1 N–H and O–H groups in total. The Labute approximate surface area is 188 Å². The quantitative estimate of drug-likeness (QED) is 0.687. The standard InChI is InChI=1S/C22H28ClN3O4S/c1-15-11-21(26(25-15)18-9-10-31(28,29)14-18)24-22(27)13-30-20-8-7-17(23)12-19(20)16-5-3-2-4-6-16/h7-8,11-12,16,18H,2-6,9-10,13-14H2,1H3,(H,24,27). The van der Waals surface area contributed by atoms with Crippen molar-refractivity contribution in [2.75, 3.05) is 23.4 Å². The Morgan fingerprint density at radius 3 is 2.71 bits per heavy atom. The van der Waals surface area contributed by atoms with E-state index in [9.17, 15) is 13.2 Å². The van der Waals surface area contributed by atoms with Crippen LogP contribution in [-0.2, 0) is 14.6 Å². The molecular weight excluding hydrogens is 438 g/mol. The highest BCUT2D eigenvalue weighted by Gasteiger charge is 2.31. The Morgan fingerprint density at radius 1 is 1.23 bits per heavy atom. The number of carbonyl (C=O) groups excluding carboxylic acids is 1. The predicted molar refractivity (Wildman–Crippen MR) is 121 cm³/mol. The van der Waals surface area contributed by atoms with Gasteiger partial charge in [0.15, 0.2) is 16.4 Å². The summed E-state index contributed by atoms with van der Waals surface area (Å²) in [6.07, 6.45) is 6.34. The molecule has 2 aliphatic rings. The lowest BCUT2D eigenvalue weighted by molar-refractivity contribution is -0.118. The highest BCUT2D eigenvalue weighted by Crippen LogP contribution is 2.38. The van der Waals surface area contributed by atoms with E-state index in [1.54, 1.807) is 16.8 Å². The summed E-state index contributed by atoms with van der Waals surface area (Å²) in [5.41, 5.74) is 1.79. The number of hydrogen-bond donors (Lipinski definition) is 1. The summed E-state index contributed by atoms with van der Waals surface area (Å²) in [6, 6.07) is 7.05. The number of aryl methyl sites for hydroxylation is 1. The first kappa shape index (κ1) is 22.1. The van der Waals surface area contributed by atoms with Crippen molar-refractivity contribution >= 4 is 33.2 Å². The number of hydrogen-bond acceptors (Lipinski definition) is 5. The summed E-state index contributed by atoms with van der Waals surface area (Å²) in [5.74, 6) is 1.47. The zero-order valence-corrected chi connectivity index (χ0v) is 19.2. The van der Waals surface area contributed by atoms with Crippen molar-refractivity contribution in [2.24, 2.45) is 0 Å². The van der Waals surface area contributed by atoms with Gasteiger partial charge in [-0.15, -0.1) is 0 Å². The Kier molecular flexibility index (Phi) is 6.57. The maximum Gasteiger partial charge on any atom is 0.263 e. The molecule has 1 aliphatic heterocycles. The first-order valence-corrected chi connectivity index (χ1v) is 13.0. The summed E-state index contributed by atoms with van der Waals surface area (Å²) < 4.78 is 31.2. The minimum atomic E-state index is -3.05. The molecule has 2 heterocycles. The number of nitrogens with zero attached hydrogens (tertiary/aromatic N) is 2. The lowest BCUT2D eigenvalue weighted by Crippen LogP contribution is -2.24. The molecule has 0 spiro atoms. The SMILES string of the molecule is Cc1cc(NC(=O)COc2ccc(Cl)cc2C2CCCCC2)n(C2CCS(=O)(=O)C2)n1. The van der Waals surface area contributed by atoms with Gasteiger partial charge in [-0.2, -0.15) is 5.10 Å². The number of benzene rings is 1. The van der Waals surface area contributed by atoms with Crippen LogP contribution in [0.3, 0.4) is 0 Å². The van der Waals surface area contributed by atoms with Crippen molar-refractivity contribution in [1.29, 1.82) is 0 Å². The van der Waals surface area contributed by atoms with Gasteiger partial charge in [-0.05, 0) is 55.9 Å². The van der Waals surface area contributed by atoms with Crippen LogP contribution < -0.4 is 10.1 Å². The summed E-state index contributed by atoms with van der Waals surface area (Å²) >= 11 is 6.22. The van der Waals surface area contributed by atoms with Crippen molar-refractivity contribution in [1.82, 2.24) is 9.78 Å². The van der Waals surface area contributed by atoms with Crippen LogP contribution >= 0.6 is 11.6 Å². The first-order valence-electron chi connectivity index (χ1n) is 10.8. The molecule has 1 aromatic heterocycles. The lowest BCUT2D eigenvalue weighted by atomic mass is 9.84. The van der Waals surface area contributed by atoms with E-state index in [2.05, 4.69) is 10.4 Å². The number of amides is 1. The number of halogens is 1. The molecule has 7 nitrogen and oxygen atoms in total. The number of anilines is 1. The van der Waals surface area contributed by atoms with E-state index in [-0.39, 0.29) is 30.1 Å². The third kappa shape index (κ3) is 5.41.